The van der Waals surface area contributed by atoms with Crippen LogP contribution in [0.2, 0.25) is 0 Å². The van der Waals surface area contributed by atoms with Gasteiger partial charge in [-0.15, -0.1) is 0 Å². The summed E-state index contributed by atoms with van der Waals surface area (Å²) in [5.74, 6) is 0.359. The minimum atomic E-state index is -0.366. The smallest absolute Gasteiger partial charge is 0.330 e. The third kappa shape index (κ3) is 5.52. The van der Waals surface area contributed by atoms with Gasteiger partial charge in [-0.05, 0) is 52.7 Å². The maximum absolute atomic E-state index is 11.3. The van der Waals surface area contributed by atoms with Crippen molar-refractivity contribution in [2.24, 2.45) is 0 Å². The first-order valence-electron chi connectivity index (χ1n) is 7.11. The second-order valence-electron chi connectivity index (χ2n) is 4.63. The van der Waals surface area contributed by atoms with Crippen LogP contribution in [0.5, 0.6) is 5.75 Å². The summed E-state index contributed by atoms with van der Waals surface area (Å²) in [7, 11) is 0. The van der Waals surface area contributed by atoms with Gasteiger partial charge in [-0.3, -0.25) is 0 Å². The van der Waals surface area contributed by atoms with E-state index in [1.54, 1.807) is 13.0 Å². The molecule has 0 amide bonds. The van der Waals surface area contributed by atoms with Gasteiger partial charge in [0, 0.05) is 16.1 Å². The molecule has 0 unspecified atom stereocenters. The number of allylic oxidation sites excluding steroid dienone is 5. The largest absolute Gasteiger partial charge is 0.488 e. The zero-order chi connectivity index (χ0) is 16.7. The van der Waals surface area contributed by atoms with E-state index in [-0.39, 0.29) is 12.6 Å². The number of carbonyl (C=O) groups excluding carboxylic acids is 1. The van der Waals surface area contributed by atoms with Gasteiger partial charge in [0.1, 0.15) is 12.4 Å². The van der Waals surface area contributed by atoms with Crippen molar-refractivity contribution < 1.29 is 14.3 Å². The highest BCUT2D eigenvalue weighted by Gasteiger charge is 2.09. The van der Waals surface area contributed by atoms with Crippen LogP contribution in [0.25, 0.3) is 6.08 Å². The number of esters is 1. The van der Waals surface area contributed by atoms with Crippen LogP contribution in [0.3, 0.4) is 0 Å². The number of halogens is 2. The predicted molar refractivity (Wildman–Crippen MR) is 99.4 cm³/mol. The van der Waals surface area contributed by atoms with Gasteiger partial charge in [-0.25, -0.2) is 4.79 Å². The Morgan fingerprint density at radius 3 is 2.65 bits per heavy atom. The van der Waals surface area contributed by atoms with Gasteiger partial charge in [0.2, 0.25) is 0 Å². The second-order valence-corrected chi connectivity index (χ2v) is 6.40. The van der Waals surface area contributed by atoms with Crippen LogP contribution in [0.4, 0.5) is 0 Å². The zero-order valence-corrected chi connectivity index (χ0v) is 15.8. The molecule has 0 heterocycles. The fourth-order valence-corrected chi connectivity index (χ4v) is 3.34. The molecule has 120 valence electrons. The molecule has 0 aromatic heterocycles. The first-order valence-corrected chi connectivity index (χ1v) is 8.70. The Morgan fingerprint density at radius 2 is 1.96 bits per heavy atom. The molecule has 0 radical (unpaired) electrons. The lowest BCUT2D eigenvalue weighted by Crippen LogP contribution is -2.01. The number of benzene rings is 1. The highest BCUT2D eigenvalue weighted by Crippen LogP contribution is 2.34. The Morgan fingerprint density at radius 1 is 1.22 bits per heavy atom. The molecule has 3 nitrogen and oxygen atoms in total. The second kappa shape index (κ2) is 8.89. The number of rotatable bonds is 6. The van der Waals surface area contributed by atoms with Crippen LogP contribution in [0.1, 0.15) is 12.5 Å². The van der Waals surface area contributed by atoms with Crippen molar-refractivity contribution in [2.75, 3.05) is 13.2 Å². The fraction of sp³-hybridized carbons (Fsp3) is 0.167. The van der Waals surface area contributed by atoms with E-state index < -0.39 is 0 Å². The van der Waals surface area contributed by atoms with Gasteiger partial charge >= 0.3 is 5.97 Å². The Hall–Kier alpha value is -1.59. The molecular weight excluding hydrogens is 424 g/mol. The maximum Gasteiger partial charge on any atom is 0.330 e. The van der Waals surface area contributed by atoms with Gasteiger partial charge in [-0.2, -0.15) is 0 Å². The van der Waals surface area contributed by atoms with E-state index in [9.17, 15) is 4.79 Å². The van der Waals surface area contributed by atoms with Crippen LogP contribution >= 0.6 is 31.9 Å². The number of hydrogen-bond donors (Lipinski definition) is 0. The lowest BCUT2D eigenvalue weighted by atomic mass is 10.1. The summed E-state index contributed by atoms with van der Waals surface area (Å²) in [6.07, 6.45) is 13.1. The summed E-state index contributed by atoms with van der Waals surface area (Å²) in [6.45, 7) is 2.41. The Kier molecular flexibility index (Phi) is 6.86. The van der Waals surface area contributed by atoms with Crippen molar-refractivity contribution in [2.45, 2.75) is 6.92 Å². The molecule has 0 bridgehead atoms. The topological polar surface area (TPSA) is 35.5 Å². The molecule has 0 spiro atoms. The molecule has 23 heavy (non-hydrogen) atoms. The van der Waals surface area contributed by atoms with E-state index >= 15 is 0 Å². The molecule has 0 atom stereocenters. The summed E-state index contributed by atoms with van der Waals surface area (Å²) in [4.78, 5) is 11.3. The first kappa shape index (κ1) is 17.8. The normalized spacial score (nSPS) is 12.9. The number of ether oxygens (including phenoxy) is 2. The van der Waals surface area contributed by atoms with Crippen molar-refractivity contribution in [3.8, 4) is 5.75 Å². The average molecular weight is 440 g/mol. The Bertz CT molecular complexity index is 686. The molecule has 5 heteroatoms. The van der Waals surface area contributed by atoms with Gasteiger partial charge in [-0.1, -0.05) is 40.2 Å². The molecule has 0 saturated carbocycles. The zero-order valence-electron chi connectivity index (χ0n) is 12.6. The molecule has 1 aromatic rings. The number of hydrogen-bond acceptors (Lipinski definition) is 3. The standard InChI is InChI=1S/C18H16Br2O3/c1-2-22-17(21)8-5-9-23-18-14(10-13-6-3-4-7-13)11-15(19)12-16(18)20/h3-8,10-12H,2,9H2,1H3/b8-5+. The SMILES string of the molecule is CCOC(=O)/C=C/COc1c(Br)cc(Br)cc1C=C1C=CC=C1. The van der Waals surface area contributed by atoms with E-state index in [1.807, 2.05) is 42.5 Å². The van der Waals surface area contributed by atoms with E-state index in [4.69, 9.17) is 9.47 Å². The van der Waals surface area contributed by atoms with Crippen LogP contribution < -0.4 is 4.74 Å². The lowest BCUT2D eigenvalue weighted by Gasteiger charge is -2.11. The highest BCUT2D eigenvalue weighted by atomic mass is 79.9. The lowest BCUT2D eigenvalue weighted by molar-refractivity contribution is -0.137. The summed E-state index contributed by atoms with van der Waals surface area (Å²) in [6, 6.07) is 3.91. The van der Waals surface area contributed by atoms with E-state index in [0.717, 1.165) is 25.8 Å². The van der Waals surface area contributed by atoms with Gasteiger partial charge < -0.3 is 9.47 Å². The van der Waals surface area contributed by atoms with Crippen molar-refractivity contribution in [3.05, 3.63) is 68.7 Å². The van der Waals surface area contributed by atoms with Crippen LogP contribution in [-0.4, -0.2) is 19.2 Å². The van der Waals surface area contributed by atoms with Crippen molar-refractivity contribution >= 4 is 43.9 Å². The van der Waals surface area contributed by atoms with E-state index in [1.165, 1.54) is 6.08 Å². The first-order chi connectivity index (χ1) is 11.1. The van der Waals surface area contributed by atoms with Crippen molar-refractivity contribution in [3.63, 3.8) is 0 Å². The molecular formula is C18H16Br2O3. The van der Waals surface area contributed by atoms with Gasteiger partial charge in [0.05, 0.1) is 11.1 Å². The fourth-order valence-electron chi connectivity index (χ4n) is 1.97. The molecule has 1 aromatic carbocycles. The van der Waals surface area contributed by atoms with Crippen molar-refractivity contribution in [1.82, 2.24) is 0 Å². The van der Waals surface area contributed by atoms with Gasteiger partial charge in [0.15, 0.2) is 0 Å². The van der Waals surface area contributed by atoms with Crippen LogP contribution in [0.15, 0.2) is 63.1 Å². The summed E-state index contributed by atoms with van der Waals surface area (Å²) >= 11 is 7.01. The highest BCUT2D eigenvalue weighted by molar-refractivity contribution is 9.11. The Labute approximate surface area is 152 Å². The molecule has 1 aliphatic rings. The van der Waals surface area contributed by atoms with E-state index in [0.29, 0.717) is 6.61 Å². The molecule has 2 rings (SSSR count). The molecule has 0 aliphatic heterocycles. The van der Waals surface area contributed by atoms with Gasteiger partial charge in [0.25, 0.3) is 0 Å². The summed E-state index contributed by atoms with van der Waals surface area (Å²) < 4.78 is 12.4. The molecule has 0 N–H and O–H groups in total. The monoisotopic (exact) mass is 438 g/mol. The maximum atomic E-state index is 11.3. The van der Waals surface area contributed by atoms with Crippen molar-refractivity contribution in [1.29, 1.82) is 0 Å². The average Bonchev–Trinajstić information content (AvgIpc) is 2.98. The minimum Gasteiger partial charge on any atom is -0.488 e. The van der Waals surface area contributed by atoms with Crippen LogP contribution in [-0.2, 0) is 9.53 Å². The van der Waals surface area contributed by atoms with E-state index in [2.05, 4.69) is 31.9 Å². The van der Waals surface area contributed by atoms with Crippen LogP contribution in [0, 0.1) is 0 Å². The number of carbonyl (C=O) groups is 1. The molecule has 1 aliphatic carbocycles. The molecule has 0 saturated heterocycles. The minimum absolute atomic E-state index is 0.279. The molecule has 0 fully saturated rings. The summed E-state index contributed by atoms with van der Waals surface area (Å²) in [5, 5.41) is 0. The quantitative estimate of drug-likeness (QED) is 0.450. The Balaban J connectivity index is 2.14. The third-order valence-corrected chi connectivity index (χ3v) is 3.96. The predicted octanol–water partition coefficient (Wildman–Crippen LogP) is 5.22. The summed E-state index contributed by atoms with van der Waals surface area (Å²) in [5.41, 5.74) is 2.05. The third-order valence-electron chi connectivity index (χ3n) is 2.91.